The lowest BCUT2D eigenvalue weighted by Gasteiger charge is -2.04. The van der Waals surface area contributed by atoms with Gasteiger partial charge < -0.3 is 5.11 Å². The van der Waals surface area contributed by atoms with Crippen LogP contribution in [0.3, 0.4) is 0 Å². The second kappa shape index (κ2) is 4.24. The molecule has 0 fully saturated rings. The summed E-state index contributed by atoms with van der Waals surface area (Å²) in [6, 6.07) is 2.02. The van der Waals surface area contributed by atoms with Crippen LogP contribution >= 0.6 is 27.3 Å². The topological polar surface area (TPSA) is 37.3 Å². The number of carbonyl (C=O) groups is 1. The first-order valence-corrected chi connectivity index (χ1v) is 5.59. The number of rotatable bonds is 3. The van der Waals surface area contributed by atoms with E-state index in [2.05, 4.69) is 15.9 Å². The van der Waals surface area contributed by atoms with Gasteiger partial charge in [-0.3, -0.25) is 4.79 Å². The van der Waals surface area contributed by atoms with Crippen molar-refractivity contribution < 1.29 is 9.90 Å². The van der Waals surface area contributed by atoms with Crippen molar-refractivity contribution in [2.45, 2.75) is 20.3 Å². The smallest absolute Gasteiger partial charge is 0.306 e. The molecule has 0 aromatic carbocycles. The van der Waals surface area contributed by atoms with Crippen molar-refractivity contribution in [2.24, 2.45) is 5.92 Å². The Labute approximate surface area is 89.7 Å². The summed E-state index contributed by atoms with van der Waals surface area (Å²) in [7, 11) is 0. The molecule has 0 amide bonds. The van der Waals surface area contributed by atoms with Gasteiger partial charge in [0.15, 0.2) is 0 Å². The van der Waals surface area contributed by atoms with E-state index in [0.717, 1.165) is 8.66 Å². The molecule has 1 atom stereocenters. The summed E-state index contributed by atoms with van der Waals surface area (Å²) in [6.07, 6.45) is 0.622. The van der Waals surface area contributed by atoms with Crippen LogP contribution in [0.15, 0.2) is 9.85 Å². The molecule has 1 heterocycles. The Kier molecular flexibility index (Phi) is 3.50. The molecule has 1 N–H and O–H groups in total. The number of aryl methyl sites for hydroxylation is 1. The molecule has 1 rings (SSSR count). The minimum Gasteiger partial charge on any atom is -0.481 e. The van der Waals surface area contributed by atoms with Crippen LogP contribution in [0.4, 0.5) is 0 Å². The van der Waals surface area contributed by atoms with Gasteiger partial charge in [-0.2, -0.15) is 0 Å². The van der Waals surface area contributed by atoms with E-state index in [9.17, 15) is 4.79 Å². The van der Waals surface area contributed by atoms with Crippen molar-refractivity contribution in [3.63, 3.8) is 0 Å². The lowest BCUT2D eigenvalue weighted by molar-refractivity contribution is -0.141. The Morgan fingerprint density at radius 3 is 2.77 bits per heavy atom. The first-order chi connectivity index (χ1) is 6.00. The lowest BCUT2D eigenvalue weighted by Crippen LogP contribution is -2.11. The Hall–Kier alpha value is -0.350. The van der Waals surface area contributed by atoms with Crippen LogP contribution in [0.25, 0.3) is 0 Å². The van der Waals surface area contributed by atoms with Crippen LogP contribution in [0, 0.1) is 12.8 Å². The molecule has 1 unspecified atom stereocenters. The number of hydrogen-bond acceptors (Lipinski definition) is 2. The van der Waals surface area contributed by atoms with E-state index < -0.39 is 5.97 Å². The lowest BCUT2D eigenvalue weighted by atomic mass is 10.1. The van der Waals surface area contributed by atoms with Crippen LogP contribution in [0.5, 0.6) is 0 Å². The number of carboxylic acid groups (broad SMARTS) is 1. The molecule has 0 aliphatic carbocycles. The van der Waals surface area contributed by atoms with E-state index in [1.165, 1.54) is 5.56 Å². The van der Waals surface area contributed by atoms with Crippen LogP contribution in [-0.4, -0.2) is 11.1 Å². The predicted octanol–water partition coefficient (Wildman–Crippen LogP) is 3.08. The van der Waals surface area contributed by atoms with E-state index in [1.807, 2.05) is 13.0 Å². The fourth-order valence-electron chi connectivity index (χ4n) is 1.05. The van der Waals surface area contributed by atoms with Crippen LogP contribution in [0.2, 0.25) is 0 Å². The Bertz CT molecular complexity index is 319. The molecule has 0 aliphatic heterocycles. The third-order valence-corrected chi connectivity index (χ3v) is 3.67. The summed E-state index contributed by atoms with van der Waals surface area (Å²) in [5, 5.41) is 8.73. The molecule has 13 heavy (non-hydrogen) atoms. The Morgan fingerprint density at radius 2 is 2.38 bits per heavy atom. The molecule has 0 bridgehead atoms. The van der Waals surface area contributed by atoms with Gasteiger partial charge in [-0.05, 0) is 40.9 Å². The molecule has 0 saturated heterocycles. The van der Waals surface area contributed by atoms with Crippen LogP contribution in [0.1, 0.15) is 17.4 Å². The van der Waals surface area contributed by atoms with Crippen molar-refractivity contribution in [2.75, 3.05) is 0 Å². The minimum atomic E-state index is -0.732. The van der Waals surface area contributed by atoms with Crippen LogP contribution < -0.4 is 0 Å². The average Bonchev–Trinajstić information content (AvgIpc) is 2.30. The van der Waals surface area contributed by atoms with Gasteiger partial charge in [0.25, 0.3) is 0 Å². The van der Waals surface area contributed by atoms with E-state index >= 15 is 0 Å². The number of thiophene rings is 1. The summed E-state index contributed by atoms with van der Waals surface area (Å²) >= 11 is 4.99. The fourth-order valence-corrected chi connectivity index (χ4v) is 3.00. The second-order valence-electron chi connectivity index (χ2n) is 3.10. The number of carboxylic acids is 1. The Morgan fingerprint density at radius 1 is 1.77 bits per heavy atom. The highest BCUT2D eigenvalue weighted by Crippen LogP contribution is 2.28. The first kappa shape index (κ1) is 10.7. The monoisotopic (exact) mass is 262 g/mol. The Balaban J connectivity index is 2.74. The van der Waals surface area contributed by atoms with E-state index in [1.54, 1.807) is 18.3 Å². The van der Waals surface area contributed by atoms with Crippen molar-refractivity contribution in [1.82, 2.24) is 0 Å². The zero-order chi connectivity index (χ0) is 10.0. The predicted molar refractivity (Wildman–Crippen MR) is 57.3 cm³/mol. The normalized spacial score (nSPS) is 12.8. The number of halogens is 1. The third-order valence-electron chi connectivity index (χ3n) is 1.90. The zero-order valence-corrected chi connectivity index (χ0v) is 9.91. The highest BCUT2D eigenvalue weighted by Gasteiger charge is 2.14. The van der Waals surface area contributed by atoms with E-state index in [4.69, 9.17) is 5.11 Å². The van der Waals surface area contributed by atoms with Gasteiger partial charge in [-0.15, -0.1) is 11.3 Å². The van der Waals surface area contributed by atoms with Gasteiger partial charge in [0.2, 0.25) is 0 Å². The molecule has 0 spiro atoms. The average molecular weight is 263 g/mol. The highest BCUT2D eigenvalue weighted by atomic mass is 79.9. The molecule has 0 radical (unpaired) electrons. The summed E-state index contributed by atoms with van der Waals surface area (Å²) < 4.78 is 1.07. The summed E-state index contributed by atoms with van der Waals surface area (Å²) in [6.45, 7) is 3.74. The van der Waals surface area contributed by atoms with Crippen molar-refractivity contribution in [3.05, 3.63) is 20.3 Å². The van der Waals surface area contributed by atoms with Gasteiger partial charge >= 0.3 is 5.97 Å². The van der Waals surface area contributed by atoms with Gasteiger partial charge in [0, 0.05) is 4.88 Å². The highest BCUT2D eigenvalue weighted by molar-refractivity contribution is 9.11. The van der Waals surface area contributed by atoms with Crippen LogP contribution in [-0.2, 0) is 11.2 Å². The van der Waals surface area contributed by atoms with Gasteiger partial charge in [-0.25, -0.2) is 0 Å². The van der Waals surface area contributed by atoms with E-state index in [-0.39, 0.29) is 5.92 Å². The largest absolute Gasteiger partial charge is 0.481 e. The molecule has 1 aromatic heterocycles. The quantitative estimate of drug-likeness (QED) is 0.909. The minimum absolute atomic E-state index is 0.302. The van der Waals surface area contributed by atoms with Crippen molar-refractivity contribution in [3.8, 4) is 0 Å². The SMILES string of the molecule is Cc1cc(Br)sc1CC(C)C(=O)O. The standard InChI is InChI=1S/C9H11BrO2S/c1-5-4-8(10)13-7(5)3-6(2)9(11)12/h4,6H,3H2,1-2H3,(H,11,12). The van der Waals surface area contributed by atoms with Gasteiger partial charge in [0.1, 0.15) is 0 Å². The summed E-state index contributed by atoms with van der Waals surface area (Å²) in [5.41, 5.74) is 1.17. The maximum atomic E-state index is 10.6. The van der Waals surface area contributed by atoms with E-state index in [0.29, 0.717) is 6.42 Å². The fraction of sp³-hybridized carbons (Fsp3) is 0.444. The zero-order valence-electron chi connectivity index (χ0n) is 7.50. The summed E-state index contributed by atoms with van der Waals surface area (Å²) in [5.74, 6) is -1.03. The molecular formula is C9H11BrO2S. The first-order valence-electron chi connectivity index (χ1n) is 3.98. The maximum absolute atomic E-state index is 10.6. The molecule has 1 aromatic rings. The molecule has 72 valence electrons. The van der Waals surface area contributed by atoms with Gasteiger partial charge in [0.05, 0.1) is 9.70 Å². The molecule has 2 nitrogen and oxygen atoms in total. The third kappa shape index (κ3) is 2.81. The van der Waals surface area contributed by atoms with Crippen molar-refractivity contribution >= 4 is 33.2 Å². The summed E-state index contributed by atoms with van der Waals surface area (Å²) in [4.78, 5) is 11.8. The van der Waals surface area contributed by atoms with Crippen molar-refractivity contribution in [1.29, 1.82) is 0 Å². The molecule has 0 saturated carbocycles. The number of aliphatic carboxylic acids is 1. The second-order valence-corrected chi connectivity index (χ2v) is 5.62. The molecule has 4 heteroatoms. The maximum Gasteiger partial charge on any atom is 0.306 e. The molecular weight excluding hydrogens is 252 g/mol. The molecule has 0 aliphatic rings. The van der Waals surface area contributed by atoms with Gasteiger partial charge in [-0.1, -0.05) is 6.92 Å². The number of hydrogen-bond donors (Lipinski definition) is 1.